The highest BCUT2D eigenvalue weighted by Gasteiger charge is 2.09. The lowest BCUT2D eigenvalue weighted by atomic mass is 10.2. The van der Waals surface area contributed by atoms with Crippen LogP contribution in [-0.4, -0.2) is 33.0 Å². The molecule has 1 aromatic carbocycles. The van der Waals surface area contributed by atoms with Crippen LogP contribution in [0.3, 0.4) is 0 Å². The van der Waals surface area contributed by atoms with Gasteiger partial charge in [-0.3, -0.25) is 0 Å². The van der Waals surface area contributed by atoms with Crippen LogP contribution < -0.4 is 14.6 Å². The van der Waals surface area contributed by atoms with Crippen molar-refractivity contribution in [2.75, 3.05) is 19.5 Å². The zero-order valence-corrected chi connectivity index (χ0v) is 12.0. The van der Waals surface area contributed by atoms with Crippen LogP contribution in [0.1, 0.15) is 6.42 Å². The van der Waals surface area contributed by atoms with Crippen molar-refractivity contribution in [2.45, 2.75) is 6.42 Å². The van der Waals surface area contributed by atoms with Gasteiger partial charge in [-0.05, 0) is 30.8 Å². The third-order valence-electron chi connectivity index (χ3n) is 2.17. The van der Waals surface area contributed by atoms with Crippen LogP contribution in [0.5, 0.6) is 11.5 Å². The molecular weight excluding hydrogens is 288 g/mol. The minimum atomic E-state index is -3.47. The molecule has 0 aromatic heterocycles. The molecule has 0 aliphatic rings. The Balaban J connectivity index is 2.75. The van der Waals surface area contributed by atoms with Gasteiger partial charge in [0.1, 0.15) is 11.5 Å². The van der Waals surface area contributed by atoms with Crippen LogP contribution in [0.4, 0.5) is 5.69 Å². The third kappa shape index (κ3) is 5.35. The Kier molecular flexibility index (Phi) is 5.91. The van der Waals surface area contributed by atoms with E-state index in [1.54, 1.807) is 18.2 Å². The van der Waals surface area contributed by atoms with Gasteiger partial charge < -0.3 is 9.47 Å². The Morgan fingerprint density at radius 2 is 2.11 bits per heavy atom. The van der Waals surface area contributed by atoms with E-state index in [1.165, 1.54) is 7.11 Å². The second kappa shape index (κ2) is 7.20. The summed E-state index contributed by atoms with van der Waals surface area (Å²) in [5.74, 6) is 0.815. The van der Waals surface area contributed by atoms with Crippen LogP contribution in [-0.2, 0) is 10.0 Å². The first-order valence-corrected chi connectivity index (χ1v) is 7.48. The van der Waals surface area contributed by atoms with E-state index in [4.69, 9.17) is 14.6 Å². The number of para-hydroxylation sites is 1. The minimum Gasteiger partial charge on any atom is -0.494 e. The molecule has 0 atom stereocenters. The Morgan fingerprint density at radius 1 is 1.42 bits per heavy atom. The van der Waals surface area contributed by atoms with Gasteiger partial charge in [0.05, 0.1) is 24.6 Å². The maximum Gasteiger partial charge on any atom is 0.209 e. The number of aliphatic imine (C=N–C) groups is 1. The van der Waals surface area contributed by atoms with Crippen LogP contribution in [0.25, 0.3) is 0 Å². The molecule has 0 radical (unpaired) electrons. The molecule has 0 spiro atoms. The predicted octanol–water partition coefficient (Wildman–Crippen LogP) is 1.49. The number of primary sulfonamides is 1. The van der Waals surface area contributed by atoms with Crippen molar-refractivity contribution in [2.24, 2.45) is 10.1 Å². The summed E-state index contributed by atoms with van der Waals surface area (Å²) in [5, 5.41) is 7.14. The lowest BCUT2D eigenvalue weighted by Crippen LogP contribution is -2.18. The van der Waals surface area contributed by atoms with Crippen LogP contribution in [0, 0.1) is 0 Å². The normalized spacial score (nSPS) is 10.6. The van der Waals surface area contributed by atoms with E-state index in [0.29, 0.717) is 17.2 Å². The first-order chi connectivity index (χ1) is 8.98. The van der Waals surface area contributed by atoms with Crippen molar-refractivity contribution < 1.29 is 17.9 Å². The molecule has 0 heterocycles. The standard InChI is InChI=1S/C11H14N2O4S2/c1-16-9-4-2-5-10(11(9)13-8-18)17-6-3-7-19(12,14)15/h2,4-5H,3,6-7H2,1H3,(H2,12,14,15). The van der Waals surface area contributed by atoms with Crippen molar-refractivity contribution in [3.8, 4) is 11.5 Å². The van der Waals surface area contributed by atoms with Gasteiger partial charge in [0.15, 0.2) is 5.69 Å². The molecule has 8 heteroatoms. The van der Waals surface area contributed by atoms with Gasteiger partial charge in [0, 0.05) is 0 Å². The average molecular weight is 302 g/mol. The van der Waals surface area contributed by atoms with Crippen molar-refractivity contribution in [3.63, 3.8) is 0 Å². The second-order valence-corrected chi connectivity index (χ2v) is 5.50. The molecule has 0 aliphatic heterocycles. The average Bonchev–Trinajstić information content (AvgIpc) is 2.35. The first kappa shape index (κ1) is 15.6. The van der Waals surface area contributed by atoms with E-state index < -0.39 is 10.0 Å². The highest BCUT2D eigenvalue weighted by molar-refractivity contribution is 7.89. The molecule has 1 rings (SSSR count). The molecule has 6 nitrogen and oxygen atoms in total. The number of nitrogens with two attached hydrogens (primary N) is 1. The van der Waals surface area contributed by atoms with E-state index >= 15 is 0 Å². The SMILES string of the molecule is COc1cccc(OCCCS(N)(=O)=O)c1N=C=S. The van der Waals surface area contributed by atoms with Gasteiger partial charge in [-0.25, -0.2) is 13.6 Å². The third-order valence-corrected chi connectivity index (χ3v) is 3.12. The number of methoxy groups -OCH3 is 1. The number of rotatable bonds is 7. The van der Waals surface area contributed by atoms with Gasteiger partial charge in [-0.1, -0.05) is 6.07 Å². The van der Waals surface area contributed by atoms with Gasteiger partial charge in [-0.2, -0.15) is 4.99 Å². The molecule has 0 unspecified atom stereocenters. The number of ether oxygens (including phenoxy) is 2. The molecule has 0 bridgehead atoms. The summed E-state index contributed by atoms with van der Waals surface area (Å²) in [7, 11) is -1.97. The highest BCUT2D eigenvalue weighted by atomic mass is 32.2. The molecule has 2 N–H and O–H groups in total. The molecule has 0 amide bonds. The van der Waals surface area contributed by atoms with Crippen molar-refractivity contribution in [1.82, 2.24) is 0 Å². The predicted molar refractivity (Wildman–Crippen MR) is 75.8 cm³/mol. The molecule has 0 fully saturated rings. The summed E-state index contributed by atoms with van der Waals surface area (Å²) in [6.45, 7) is 0.198. The number of sulfonamides is 1. The number of isothiocyanates is 1. The topological polar surface area (TPSA) is 91.0 Å². The zero-order chi connectivity index (χ0) is 14.3. The smallest absolute Gasteiger partial charge is 0.209 e. The summed E-state index contributed by atoms with van der Waals surface area (Å²) < 4.78 is 32.1. The maximum atomic E-state index is 10.8. The van der Waals surface area contributed by atoms with Crippen LogP contribution >= 0.6 is 12.2 Å². The number of hydrogen-bond donors (Lipinski definition) is 1. The number of thiocarbonyl (C=S) groups is 1. The molecule has 1 aromatic rings. The molecule has 0 aliphatic carbocycles. The van der Waals surface area contributed by atoms with Crippen LogP contribution in [0.2, 0.25) is 0 Å². The Morgan fingerprint density at radius 3 is 2.68 bits per heavy atom. The van der Waals surface area contributed by atoms with Gasteiger partial charge in [-0.15, -0.1) is 0 Å². The maximum absolute atomic E-state index is 10.8. The number of benzene rings is 1. The summed E-state index contributed by atoms with van der Waals surface area (Å²) in [5.41, 5.74) is 0.426. The molecule has 104 valence electrons. The fourth-order valence-corrected chi connectivity index (χ4v) is 1.99. The van der Waals surface area contributed by atoms with Crippen molar-refractivity contribution in [1.29, 1.82) is 0 Å². The summed E-state index contributed by atoms with van der Waals surface area (Å²) in [6, 6.07) is 5.13. The van der Waals surface area contributed by atoms with Crippen molar-refractivity contribution in [3.05, 3.63) is 18.2 Å². The van der Waals surface area contributed by atoms with E-state index in [2.05, 4.69) is 22.4 Å². The number of nitrogens with zero attached hydrogens (tertiary/aromatic N) is 1. The second-order valence-electron chi connectivity index (χ2n) is 3.58. The Bertz CT molecular complexity index is 580. The minimum absolute atomic E-state index is 0.136. The van der Waals surface area contributed by atoms with Gasteiger partial charge >= 0.3 is 0 Å². The Hall–Kier alpha value is -1.47. The molecule has 0 saturated heterocycles. The summed E-state index contributed by atoms with van der Waals surface area (Å²) >= 11 is 4.56. The lowest BCUT2D eigenvalue weighted by molar-refractivity contribution is 0.316. The van der Waals surface area contributed by atoms with Gasteiger partial charge in [0.2, 0.25) is 10.0 Å². The van der Waals surface area contributed by atoms with E-state index in [9.17, 15) is 8.42 Å². The number of hydrogen-bond acceptors (Lipinski definition) is 6. The van der Waals surface area contributed by atoms with Gasteiger partial charge in [0.25, 0.3) is 0 Å². The van der Waals surface area contributed by atoms with E-state index in [-0.39, 0.29) is 18.8 Å². The molecule has 0 saturated carbocycles. The fraction of sp³-hybridized carbons (Fsp3) is 0.364. The molecular formula is C11H14N2O4S2. The van der Waals surface area contributed by atoms with E-state index in [0.717, 1.165) is 0 Å². The highest BCUT2D eigenvalue weighted by Crippen LogP contribution is 2.36. The fourth-order valence-electron chi connectivity index (χ4n) is 1.38. The molecule has 19 heavy (non-hydrogen) atoms. The largest absolute Gasteiger partial charge is 0.494 e. The first-order valence-electron chi connectivity index (χ1n) is 5.36. The quantitative estimate of drug-likeness (QED) is 0.468. The zero-order valence-electron chi connectivity index (χ0n) is 10.3. The van der Waals surface area contributed by atoms with Crippen LogP contribution in [0.15, 0.2) is 23.2 Å². The summed E-state index contributed by atoms with van der Waals surface area (Å²) in [4.78, 5) is 3.88. The Labute approximate surface area is 117 Å². The lowest BCUT2D eigenvalue weighted by Gasteiger charge is -2.10. The van der Waals surface area contributed by atoms with E-state index in [1.807, 2.05) is 0 Å². The summed E-state index contributed by atoms with van der Waals surface area (Å²) in [6.07, 6.45) is 0.288. The van der Waals surface area contributed by atoms with Crippen molar-refractivity contribution >= 4 is 33.1 Å². The monoisotopic (exact) mass is 302 g/mol.